The quantitative estimate of drug-likeness (QED) is 0.802. The zero-order chi connectivity index (χ0) is 14.3. The van der Waals surface area contributed by atoms with Crippen molar-refractivity contribution in [2.45, 2.75) is 38.3 Å². The van der Waals surface area contributed by atoms with E-state index < -0.39 is 5.60 Å². The lowest BCUT2D eigenvalue weighted by Gasteiger charge is -2.32. The van der Waals surface area contributed by atoms with Gasteiger partial charge in [0.25, 0.3) is 0 Å². The number of hydrogen-bond donors (Lipinski definition) is 2. The molecule has 0 atom stereocenters. The van der Waals surface area contributed by atoms with E-state index in [-0.39, 0.29) is 0 Å². The smallest absolute Gasteiger partial charge is 0.119 e. The van der Waals surface area contributed by atoms with Crippen molar-refractivity contribution in [2.75, 3.05) is 26.4 Å². The molecule has 0 radical (unpaired) electrons. The second-order valence-corrected chi connectivity index (χ2v) is 5.43. The maximum absolute atomic E-state index is 10.3. The lowest BCUT2D eigenvalue weighted by molar-refractivity contribution is -0.0617. The molecule has 2 N–H and O–H groups in total. The summed E-state index contributed by atoms with van der Waals surface area (Å²) in [5, 5.41) is 13.7. The van der Waals surface area contributed by atoms with E-state index in [9.17, 15) is 5.11 Å². The second kappa shape index (κ2) is 7.62. The second-order valence-electron chi connectivity index (χ2n) is 5.43. The van der Waals surface area contributed by atoms with Crippen LogP contribution in [-0.4, -0.2) is 37.1 Å². The maximum Gasteiger partial charge on any atom is 0.119 e. The Morgan fingerprint density at radius 1 is 1.25 bits per heavy atom. The van der Waals surface area contributed by atoms with Crippen molar-refractivity contribution in [3.63, 3.8) is 0 Å². The molecule has 1 heterocycles. The zero-order valence-electron chi connectivity index (χ0n) is 12.2. The Kier molecular flexibility index (Phi) is 5.83. The molecular formula is C16H25NO3. The summed E-state index contributed by atoms with van der Waals surface area (Å²) in [5.41, 5.74) is 0.590. The Morgan fingerprint density at radius 2 is 1.95 bits per heavy atom. The fourth-order valence-electron chi connectivity index (χ4n) is 2.29. The molecular weight excluding hydrogens is 254 g/mol. The first-order valence-corrected chi connectivity index (χ1v) is 7.44. The number of ether oxygens (including phenoxy) is 2. The van der Waals surface area contributed by atoms with Crippen LogP contribution >= 0.6 is 0 Å². The van der Waals surface area contributed by atoms with Gasteiger partial charge in [0.05, 0.1) is 12.2 Å². The highest BCUT2D eigenvalue weighted by atomic mass is 16.5. The average molecular weight is 279 g/mol. The molecule has 0 bridgehead atoms. The molecule has 1 fully saturated rings. The average Bonchev–Trinajstić information content (AvgIpc) is 2.47. The van der Waals surface area contributed by atoms with Gasteiger partial charge in [0.2, 0.25) is 0 Å². The maximum atomic E-state index is 10.3. The standard InChI is InChI=1S/C16H25NO3/c1-2-9-20-15-5-3-14(4-6-15)12-17-13-16(18)7-10-19-11-8-16/h3-6,17-18H,2,7-13H2,1H3. The van der Waals surface area contributed by atoms with Gasteiger partial charge in [-0.2, -0.15) is 0 Å². The minimum Gasteiger partial charge on any atom is -0.494 e. The van der Waals surface area contributed by atoms with Gasteiger partial charge in [0, 0.05) is 39.1 Å². The van der Waals surface area contributed by atoms with Crippen LogP contribution in [0.1, 0.15) is 31.7 Å². The van der Waals surface area contributed by atoms with E-state index in [1.54, 1.807) is 0 Å². The van der Waals surface area contributed by atoms with Crippen molar-refractivity contribution >= 4 is 0 Å². The predicted octanol–water partition coefficient (Wildman–Crippen LogP) is 2.11. The van der Waals surface area contributed by atoms with E-state index in [1.165, 1.54) is 5.56 Å². The molecule has 0 spiro atoms. The molecule has 112 valence electrons. The third-order valence-corrected chi connectivity index (χ3v) is 3.60. The molecule has 4 nitrogen and oxygen atoms in total. The lowest BCUT2D eigenvalue weighted by Crippen LogP contribution is -2.44. The van der Waals surface area contributed by atoms with E-state index in [0.29, 0.717) is 32.6 Å². The van der Waals surface area contributed by atoms with E-state index in [4.69, 9.17) is 9.47 Å². The van der Waals surface area contributed by atoms with E-state index in [2.05, 4.69) is 24.4 Å². The van der Waals surface area contributed by atoms with Crippen molar-refractivity contribution in [3.05, 3.63) is 29.8 Å². The number of rotatable bonds is 7. The summed E-state index contributed by atoms with van der Waals surface area (Å²) in [6.45, 7) is 5.54. The monoisotopic (exact) mass is 279 g/mol. The van der Waals surface area contributed by atoms with Gasteiger partial charge in [0.1, 0.15) is 5.75 Å². The Bertz CT molecular complexity index is 385. The van der Waals surface area contributed by atoms with Gasteiger partial charge in [-0.3, -0.25) is 0 Å². The highest BCUT2D eigenvalue weighted by Gasteiger charge is 2.28. The number of hydrogen-bond acceptors (Lipinski definition) is 4. The van der Waals surface area contributed by atoms with E-state index in [1.807, 2.05) is 12.1 Å². The summed E-state index contributed by atoms with van der Waals surface area (Å²) >= 11 is 0. The Labute approximate surface area is 121 Å². The first-order valence-electron chi connectivity index (χ1n) is 7.44. The predicted molar refractivity (Wildman–Crippen MR) is 78.9 cm³/mol. The molecule has 1 saturated heterocycles. The molecule has 1 aliphatic heterocycles. The molecule has 0 saturated carbocycles. The molecule has 2 rings (SSSR count). The van der Waals surface area contributed by atoms with Crippen molar-refractivity contribution < 1.29 is 14.6 Å². The summed E-state index contributed by atoms with van der Waals surface area (Å²) in [4.78, 5) is 0. The van der Waals surface area contributed by atoms with Gasteiger partial charge in [-0.25, -0.2) is 0 Å². The molecule has 0 aromatic heterocycles. The van der Waals surface area contributed by atoms with Crippen molar-refractivity contribution in [1.29, 1.82) is 0 Å². The molecule has 1 aromatic rings. The molecule has 1 aliphatic rings. The highest BCUT2D eigenvalue weighted by molar-refractivity contribution is 5.27. The Morgan fingerprint density at radius 3 is 2.60 bits per heavy atom. The van der Waals surface area contributed by atoms with Crippen LogP contribution in [0.15, 0.2) is 24.3 Å². The van der Waals surface area contributed by atoms with Crippen LogP contribution in [-0.2, 0) is 11.3 Å². The molecule has 0 aliphatic carbocycles. The molecule has 20 heavy (non-hydrogen) atoms. The van der Waals surface area contributed by atoms with Crippen LogP contribution in [0, 0.1) is 0 Å². The van der Waals surface area contributed by atoms with Crippen LogP contribution in [0.2, 0.25) is 0 Å². The van der Waals surface area contributed by atoms with Crippen molar-refractivity contribution in [1.82, 2.24) is 5.32 Å². The van der Waals surface area contributed by atoms with Gasteiger partial charge in [0.15, 0.2) is 0 Å². The van der Waals surface area contributed by atoms with Gasteiger partial charge in [-0.05, 0) is 24.1 Å². The Hall–Kier alpha value is -1.10. The third kappa shape index (κ3) is 4.78. The largest absolute Gasteiger partial charge is 0.494 e. The summed E-state index contributed by atoms with van der Waals surface area (Å²) < 4.78 is 10.8. The highest BCUT2D eigenvalue weighted by Crippen LogP contribution is 2.19. The van der Waals surface area contributed by atoms with Crippen LogP contribution in [0.4, 0.5) is 0 Å². The van der Waals surface area contributed by atoms with Crippen LogP contribution in [0.3, 0.4) is 0 Å². The van der Waals surface area contributed by atoms with Gasteiger partial charge in [-0.15, -0.1) is 0 Å². The normalized spacial score (nSPS) is 17.9. The van der Waals surface area contributed by atoms with Crippen LogP contribution in [0.5, 0.6) is 5.75 Å². The van der Waals surface area contributed by atoms with E-state index >= 15 is 0 Å². The van der Waals surface area contributed by atoms with Gasteiger partial charge >= 0.3 is 0 Å². The van der Waals surface area contributed by atoms with Crippen molar-refractivity contribution in [2.24, 2.45) is 0 Å². The summed E-state index contributed by atoms with van der Waals surface area (Å²) in [6, 6.07) is 8.11. The zero-order valence-corrected chi connectivity index (χ0v) is 12.2. The van der Waals surface area contributed by atoms with E-state index in [0.717, 1.165) is 25.3 Å². The fraction of sp³-hybridized carbons (Fsp3) is 0.625. The number of aliphatic hydroxyl groups is 1. The molecule has 4 heteroatoms. The lowest BCUT2D eigenvalue weighted by atomic mass is 9.94. The summed E-state index contributed by atoms with van der Waals surface area (Å²) in [7, 11) is 0. The summed E-state index contributed by atoms with van der Waals surface area (Å²) in [5.74, 6) is 0.915. The first kappa shape index (κ1) is 15.3. The third-order valence-electron chi connectivity index (χ3n) is 3.60. The Balaban J connectivity index is 1.73. The van der Waals surface area contributed by atoms with Gasteiger partial charge < -0.3 is 19.9 Å². The van der Waals surface area contributed by atoms with Crippen molar-refractivity contribution in [3.8, 4) is 5.75 Å². The molecule has 0 amide bonds. The van der Waals surface area contributed by atoms with Crippen LogP contribution in [0.25, 0.3) is 0 Å². The molecule has 0 unspecified atom stereocenters. The molecule has 1 aromatic carbocycles. The first-order chi connectivity index (χ1) is 9.72. The van der Waals surface area contributed by atoms with Crippen LogP contribution < -0.4 is 10.1 Å². The van der Waals surface area contributed by atoms with Gasteiger partial charge in [-0.1, -0.05) is 19.1 Å². The minimum atomic E-state index is -0.609. The minimum absolute atomic E-state index is 0.609. The number of benzene rings is 1. The SMILES string of the molecule is CCCOc1ccc(CNCC2(O)CCOCC2)cc1. The summed E-state index contributed by atoms with van der Waals surface area (Å²) in [6.07, 6.45) is 2.44. The fourth-order valence-corrected chi connectivity index (χ4v) is 2.29. The topological polar surface area (TPSA) is 50.7 Å². The number of nitrogens with one attached hydrogen (secondary N) is 1.